The first-order chi connectivity index (χ1) is 48.3. The molecule has 3 rings (SSSR count). The summed E-state index contributed by atoms with van der Waals surface area (Å²) in [5.41, 5.74) is 0. The topological polar surface area (TPSA) is 307 Å². The number of allylic oxidation sites excluding steroid dienone is 4. The Labute approximate surface area is 600 Å². The number of aliphatic hydroxyl groups is 11. The molecule has 3 saturated heterocycles. The number of ether oxygens (including phenoxy) is 6. The Hall–Kier alpha value is -1.73. The minimum absolute atomic E-state index is 0.236. The number of hydrogen-bond donors (Lipinski definition) is 12. The molecule has 0 spiro atoms. The SMILES string of the molecule is CCCCCCC/C=C\C/C=C\CCCCCCCCCCCCCCCCCCCCCCCCCCCCCCCC(=O)NC(COC1OC(CO)C(OC2OC(CO)C(OC3OC(CO)C(O)C(O)C3O)C(O)C2O)C(O)C1O)C(O)CCCCCCCCCCCCCCC. The van der Waals surface area contributed by atoms with Gasteiger partial charge in [0.05, 0.1) is 38.6 Å². The van der Waals surface area contributed by atoms with Gasteiger partial charge in [-0.2, -0.15) is 0 Å². The van der Waals surface area contributed by atoms with Crippen LogP contribution in [0.3, 0.4) is 0 Å². The molecule has 3 heterocycles. The fourth-order valence-corrected chi connectivity index (χ4v) is 14.2. The maximum atomic E-state index is 13.5. The molecule has 19 nitrogen and oxygen atoms in total. The minimum Gasteiger partial charge on any atom is -0.394 e. The zero-order chi connectivity index (χ0) is 71.8. The summed E-state index contributed by atoms with van der Waals surface area (Å²) in [5.74, 6) is -0.236. The van der Waals surface area contributed by atoms with Crippen molar-refractivity contribution in [3.05, 3.63) is 24.3 Å². The van der Waals surface area contributed by atoms with Gasteiger partial charge in [-0.25, -0.2) is 0 Å². The highest BCUT2D eigenvalue weighted by atomic mass is 16.8. The van der Waals surface area contributed by atoms with E-state index >= 15 is 0 Å². The van der Waals surface area contributed by atoms with E-state index in [-0.39, 0.29) is 18.9 Å². The Morgan fingerprint density at radius 2 is 0.667 bits per heavy atom. The maximum Gasteiger partial charge on any atom is 0.220 e. The van der Waals surface area contributed by atoms with Crippen LogP contribution in [0.15, 0.2) is 24.3 Å². The van der Waals surface area contributed by atoms with Crippen LogP contribution in [0.2, 0.25) is 0 Å². The van der Waals surface area contributed by atoms with E-state index in [1.165, 1.54) is 263 Å². The van der Waals surface area contributed by atoms with Gasteiger partial charge in [0.2, 0.25) is 5.91 Å². The lowest BCUT2D eigenvalue weighted by molar-refractivity contribution is -0.379. The highest BCUT2D eigenvalue weighted by Crippen LogP contribution is 2.33. The second kappa shape index (κ2) is 61.4. The summed E-state index contributed by atoms with van der Waals surface area (Å²) in [7, 11) is 0. The van der Waals surface area contributed by atoms with Crippen molar-refractivity contribution in [2.45, 2.75) is 452 Å². The molecule has 0 aliphatic carbocycles. The molecule has 0 saturated carbocycles. The number of amides is 1. The first-order valence-electron chi connectivity index (χ1n) is 41.1. The van der Waals surface area contributed by atoms with Gasteiger partial charge < -0.3 is 89.9 Å². The molecule has 0 aromatic carbocycles. The van der Waals surface area contributed by atoms with Crippen LogP contribution >= 0.6 is 0 Å². The van der Waals surface area contributed by atoms with Crippen LogP contribution in [-0.2, 0) is 33.2 Å². The molecule has 3 aliphatic heterocycles. The molecule has 99 heavy (non-hydrogen) atoms. The van der Waals surface area contributed by atoms with E-state index in [2.05, 4.69) is 43.5 Å². The number of hydrogen-bond acceptors (Lipinski definition) is 18. The predicted molar refractivity (Wildman–Crippen MR) is 393 cm³/mol. The second-order valence-electron chi connectivity index (χ2n) is 29.6. The van der Waals surface area contributed by atoms with Crippen LogP contribution in [0.4, 0.5) is 0 Å². The summed E-state index contributed by atoms with van der Waals surface area (Å²) in [4.78, 5) is 13.5. The van der Waals surface area contributed by atoms with Gasteiger partial charge >= 0.3 is 0 Å². The molecule has 3 fully saturated rings. The first kappa shape index (κ1) is 91.5. The second-order valence-corrected chi connectivity index (χ2v) is 29.6. The lowest BCUT2D eigenvalue weighted by Gasteiger charge is -2.48. The zero-order valence-corrected chi connectivity index (χ0v) is 62.5. The van der Waals surface area contributed by atoms with Crippen molar-refractivity contribution >= 4 is 5.91 Å². The normalized spacial score (nSPS) is 26.7. The third-order valence-corrected chi connectivity index (χ3v) is 20.8. The molecular formula is C80H151NO18. The Kier molecular flexibility index (Phi) is 56.8. The molecule has 1 amide bonds. The highest BCUT2D eigenvalue weighted by molar-refractivity contribution is 5.76. The molecule has 12 N–H and O–H groups in total. The number of aliphatic hydroxyl groups excluding tert-OH is 11. The maximum absolute atomic E-state index is 13.5. The molecule has 0 radical (unpaired) electrons. The van der Waals surface area contributed by atoms with E-state index in [0.717, 1.165) is 51.4 Å². The number of carbonyl (C=O) groups is 1. The van der Waals surface area contributed by atoms with Crippen LogP contribution in [0.1, 0.15) is 348 Å². The standard InChI is InChI=1S/C80H151NO18/c1-3-5-7-9-11-13-15-17-18-19-20-21-22-23-24-25-26-27-28-29-30-31-32-33-34-35-36-37-38-39-40-41-42-43-44-46-48-50-52-54-56-58-68(86)81-63(64(85)57-55-53-51-49-47-45-16-14-12-10-8-6-4-2)62-94-78-74(92)71(89)76(66(60-83)96-78)99-80-75(93)72(90)77(67(61-84)97-80)98-79-73(91)70(88)69(87)65(59-82)95-79/h15,17,19-20,63-67,69-80,82-85,87-93H,3-14,16,18,21-62H2,1-2H3,(H,81,86)/b17-15-,20-19-. The molecule has 0 aromatic heterocycles. The number of rotatable bonds is 66. The predicted octanol–water partition coefficient (Wildman–Crippen LogP) is 13.7. The number of nitrogens with one attached hydrogen (secondary N) is 1. The van der Waals surface area contributed by atoms with Gasteiger partial charge in [-0.15, -0.1) is 0 Å². The lowest BCUT2D eigenvalue weighted by atomic mass is 9.96. The van der Waals surface area contributed by atoms with Crippen molar-refractivity contribution in [1.29, 1.82) is 0 Å². The fraction of sp³-hybridized carbons (Fsp3) is 0.938. The Balaban J connectivity index is 1.25. The average molecular weight is 1420 g/mol. The van der Waals surface area contributed by atoms with Gasteiger partial charge in [-0.3, -0.25) is 4.79 Å². The largest absolute Gasteiger partial charge is 0.394 e. The van der Waals surface area contributed by atoms with Crippen molar-refractivity contribution in [3.8, 4) is 0 Å². The van der Waals surface area contributed by atoms with E-state index in [1.807, 2.05) is 0 Å². The zero-order valence-electron chi connectivity index (χ0n) is 62.5. The molecule has 0 aromatic rings. The summed E-state index contributed by atoms with van der Waals surface area (Å²) in [6.07, 6.45) is 47.4. The molecule has 19 heteroatoms. The summed E-state index contributed by atoms with van der Waals surface area (Å²) in [5, 5.41) is 121. The summed E-state index contributed by atoms with van der Waals surface area (Å²) in [6.45, 7) is 1.82. The van der Waals surface area contributed by atoms with E-state index in [0.29, 0.717) is 12.8 Å². The van der Waals surface area contributed by atoms with Gasteiger partial charge in [0.15, 0.2) is 18.9 Å². The van der Waals surface area contributed by atoms with E-state index in [1.54, 1.807) is 0 Å². The Morgan fingerprint density at radius 3 is 1.03 bits per heavy atom. The van der Waals surface area contributed by atoms with Gasteiger partial charge in [0.1, 0.15) is 73.2 Å². The first-order valence-corrected chi connectivity index (χ1v) is 41.1. The van der Waals surface area contributed by atoms with Crippen LogP contribution in [0.5, 0.6) is 0 Å². The lowest BCUT2D eigenvalue weighted by Crippen LogP contribution is -2.66. The highest BCUT2D eigenvalue weighted by Gasteiger charge is 2.54. The van der Waals surface area contributed by atoms with E-state index < -0.39 is 124 Å². The third-order valence-electron chi connectivity index (χ3n) is 20.8. The van der Waals surface area contributed by atoms with Gasteiger partial charge in [-0.1, -0.05) is 321 Å². The molecule has 0 bridgehead atoms. The van der Waals surface area contributed by atoms with Crippen LogP contribution in [0, 0.1) is 0 Å². The number of carbonyl (C=O) groups excluding carboxylic acids is 1. The smallest absolute Gasteiger partial charge is 0.220 e. The quantitative estimate of drug-likeness (QED) is 0.0199. The minimum atomic E-state index is -1.97. The summed E-state index contributed by atoms with van der Waals surface area (Å²) < 4.78 is 34.5. The van der Waals surface area contributed by atoms with Crippen molar-refractivity contribution in [2.24, 2.45) is 0 Å². The number of unbranched alkanes of at least 4 members (excludes halogenated alkanes) is 46. The average Bonchev–Trinajstić information content (AvgIpc) is 0.785. The fourth-order valence-electron chi connectivity index (χ4n) is 14.2. The molecule has 17 unspecified atom stereocenters. The van der Waals surface area contributed by atoms with Crippen LogP contribution in [-0.4, -0.2) is 193 Å². The van der Waals surface area contributed by atoms with E-state index in [9.17, 15) is 61.0 Å². The Morgan fingerprint density at radius 1 is 0.364 bits per heavy atom. The van der Waals surface area contributed by atoms with Crippen molar-refractivity contribution in [2.75, 3.05) is 26.4 Å². The molecule has 3 aliphatic rings. The van der Waals surface area contributed by atoms with Crippen LogP contribution < -0.4 is 5.32 Å². The molecular weight excluding hydrogens is 1260 g/mol. The third kappa shape index (κ3) is 41.7. The summed E-state index contributed by atoms with van der Waals surface area (Å²) in [6, 6.07) is -0.883. The van der Waals surface area contributed by atoms with Gasteiger partial charge in [0, 0.05) is 6.42 Å². The van der Waals surface area contributed by atoms with Crippen molar-refractivity contribution in [1.82, 2.24) is 5.32 Å². The summed E-state index contributed by atoms with van der Waals surface area (Å²) >= 11 is 0. The van der Waals surface area contributed by atoms with Gasteiger partial charge in [-0.05, 0) is 44.9 Å². The van der Waals surface area contributed by atoms with Gasteiger partial charge in [0.25, 0.3) is 0 Å². The van der Waals surface area contributed by atoms with Crippen molar-refractivity contribution < 1.29 is 89.4 Å². The van der Waals surface area contributed by atoms with E-state index in [4.69, 9.17) is 28.4 Å². The van der Waals surface area contributed by atoms with Crippen molar-refractivity contribution in [3.63, 3.8) is 0 Å². The van der Waals surface area contributed by atoms with Crippen LogP contribution in [0.25, 0.3) is 0 Å². The monoisotopic (exact) mass is 1410 g/mol. The molecule has 17 atom stereocenters. The Bertz CT molecular complexity index is 1880. The molecule has 584 valence electrons.